The number of hydrogen-bond acceptors (Lipinski definition) is 4. The van der Waals surface area contributed by atoms with Gasteiger partial charge in [-0.25, -0.2) is 4.98 Å². The van der Waals surface area contributed by atoms with Crippen molar-refractivity contribution in [3.8, 4) is 6.07 Å². The molecule has 3 heterocycles. The van der Waals surface area contributed by atoms with Gasteiger partial charge < -0.3 is 4.90 Å². The first-order valence-electron chi connectivity index (χ1n) is 8.39. The second-order valence-electron chi connectivity index (χ2n) is 6.44. The molecule has 1 N–H and O–H groups in total. The molecule has 6 nitrogen and oxygen atoms in total. The lowest BCUT2D eigenvalue weighted by atomic mass is 10.0. The SMILES string of the molecule is Cc1n[nH]c2ncc(C(=O)N3CCCC3c3ccc(Cl)c(C#N)c3)cc12. The van der Waals surface area contributed by atoms with Crippen LogP contribution in [-0.2, 0) is 0 Å². The molecule has 7 heteroatoms. The minimum absolute atomic E-state index is 0.0593. The van der Waals surface area contributed by atoms with Gasteiger partial charge >= 0.3 is 0 Å². The van der Waals surface area contributed by atoms with Crippen LogP contribution in [0.1, 0.15) is 46.1 Å². The van der Waals surface area contributed by atoms with Crippen molar-refractivity contribution in [3.63, 3.8) is 0 Å². The largest absolute Gasteiger partial charge is 0.332 e. The average molecular weight is 366 g/mol. The van der Waals surface area contributed by atoms with Crippen LogP contribution >= 0.6 is 11.6 Å². The Kier molecular flexibility index (Phi) is 4.09. The van der Waals surface area contributed by atoms with Gasteiger partial charge in [-0.1, -0.05) is 17.7 Å². The number of carbonyl (C=O) groups excluding carboxylic acids is 1. The summed E-state index contributed by atoms with van der Waals surface area (Å²) in [4.78, 5) is 19.2. The molecule has 0 aliphatic carbocycles. The number of likely N-dealkylation sites (tertiary alicyclic amines) is 1. The third kappa shape index (κ3) is 2.71. The number of nitrogens with one attached hydrogen (secondary N) is 1. The third-order valence-corrected chi connectivity index (χ3v) is 5.19. The van der Waals surface area contributed by atoms with Crippen LogP contribution in [0.15, 0.2) is 30.5 Å². The number of benzene rings is 1. The molecule has 0 spiro atoms. The smallest absolute Gasteiger partial charge is 0.255 e. The van der Waals surface area contributed by atoms with E-state index in [1.807, 2.05) is 24.0 Å². The Labute approximate surface area is 155 Å². The van der Waals surface area contributed by atoms with E-state index in [9.17, 15) is 10.1 Å². The number of fused-ring (bicyclic) bond motifs is 1. The third-order valence-electron chi connectivity index (χ3n) is 4.86. The number of carbonyl (C=O) groups is 1. The fourth-order valence-corrected chi connectivity index (χ4v) is 3.66. The predicted octanol–water partition coefficient (Wildman–Crippen LogP) is 3.77. The standard InChI is InChI=1S/C19H16ClN5O/c1-11-15-8-14(10-22-18(15)24-23-11)19(26)25-6-2-3-17(25)12-4-5-16(20)13(7-12)9-21/h4-5,7-8,10,17H,2-3,6H2,1H3,(H,22,23,24). The van der Waals surface area contributed by atoms with Gasteiger partial charge in [0.2, 0.25) is 0 Å². The minimum atomic E-state index is -0.0620. The number of rotatable bonds is 2. The number of pyridine rings is 1. The number of aryl methyl sites for hydroxylation is 1. The van der Waals surface area contributed by atoms with Crippen molar-refractivity contribution < 1.29 is 4.79 Å². The van der Waals surface area contributed by atoms with Crippen molar-refractivity contribution in [1.29, 1.82) is 5.26 Å². The van der Waals surface area contributed by atoms with Gasteiger partial charge in [0.1, 0.15) is 6.07 Å². The van der Waals surface area contributed by atoms with Gasteiger partial charge in [0.05, 0.1) is 27.9 Å². The predicted molar refractivity (Wildman–Crippen MR) is 97.8 cm³/mol. The maximum atomic E-state index is 13.1. The van der Waals surface area contributed by atoms with Crippen molar-refractivity contribution >= 4 is 28.5 Å². The number of H-pyrrole nitrogens is 1. The second-order valence-corrected chi connectivity index (χ2v) is 6.84. The molecule has 1 aliphatic heterocycles. The summed E-state index contributed by atoms with van der Waals surface area (Å²) in [6, 6.07) is 9.26. The first-order chi connectivity index (χ1) is 12.6. The molecule has 26 heavy (non-hydrogen) atoms. The summed E-state index contributed by atoms with van der Waals surface area (Å²) in [5.74, 6) is -0.0593. The maximum absolute atomic E-state index is 13.1. The highest BCUT2D eigenvalue weighted by atomic mass is 35.5. The van der Waals surface area contributed by atoms with E-state index in [-0.39, 0.29) is 11.9 Å². The monoisotopic (exact) mass is 365 g/mol. The fourth-order valence-electron chi connectivity index (χ4n) is 3.50. The molecule has 1 amide bonds. The Balaban J connectivity index is 1.68. The van der Waals surface area contributed by atoms with Crippen LogP contribution in [0.25, 0.3) is 11.0 Å². The first-order valence-corrected chi connectivity index (χ1v) is 8.77. The summed E-state index contributed by atoms with van der Waals surface area (Å²) >= 11 is 6.04. The molecule has 130 valence electrons. The topological polar surface area (TPSA) is 85.7 Å². The molecule has 1 atom stereocenters. The summed E-state index contributed by atoms with van der Waals surface area (Å²) < 4.78 is 0. The average Bonchev–Trinajstić information content (AvgIpc) is 3.29. The normalized spacial score (nSPS) is 16.8. The molecule has 3 aromatic rings. The van der Waals surface area contributed by atoms with E-state index >= 15 is 0 Å². The van der Waals surface area contributed by atoms with Crippen molar-refractivity contribution in [1.82, 2.24) is 20.1 Å². The number of hydrogen-bond donors (Lipinski definition) is 1. The highest BCUT2D eigenvalue weighted by Crippen LogP contribution is 2.34. The lowest BCUT2D eigenvalue weighted by molar-refractivity contribution is 0.0735. The van der Waals surface area contributed by atoms with Crippen molar-refractivity contribution in [2.24, 2.45) is 0 Å². The Morgan fingerprint density at radius 2 is 2.27 bits per heavy atom. The molecular formula is C19H16ClN5O. The Morgan fingerprint density at radius 1 is 1.42 bits per heavy atom. The van der Waals surface area contributed by atoms with Gasteiger partial charge in [0.25, 0.3) is 5.91 Å². The summed E-state index contributed by atoms with van der Waals surface area (Å²) in [5, 5.41) is 17.5. The highest BCUT2D eigenvalue weighted by Gasteiger charge is 2.31. The zero-order valence-corrected chi connectivity index (χ0v) is 14.9. The quantitative estimate of drug-likeness (QED) is 0.749. The molecule has 4 rings (SSSR count). The number of aromatic amines is 1. The van der Waals surface area contributed by atoms with E-state index < -0.39 is 0 Å². The zero-order valence-electron chi connectivity index (χ0n) is 14.2. The summed E-state index contributed by atoms with van der Waals surface area (Å²) in [7, 11) is 0. The van der Waals surface area contributed by atoms with E-state index in [0.717, 1.165) is 29.5 Å². The molecule has 1 fully saturated rings. The van der Waals surface area contributed by atoms with Gasteiger partial charge in [0, 0.05) is 18.1 Å². The molecular weight excluding hydrogens is 350 g/mol. The second kappa shape index (κ2) is 6.43. The van der Waals surface area contributed by atoms with E-state index in [1.165, 1.54) is 0 Å². The zero-order chi connectivity index (χ0) is 18.3. The van der Waals surface area contributed by atoms with Gasteiger partial charge in [-0.3, -0.25) is 9.89 Å². The summed E-state index contributed by atoms with van der Waals surface area (Å²) in [6.07, 6.45) is 3.36. The van der Waals surface area contributed by atoms with Crippen molar-refractivity contribution in [2.75, 3.05) is 6.54 Å². The number of aromatic nitrogens is 3. The summed E-state index contributed by atoms with van der Waals surface area (Å²) in [6.45, 7) is 2.56. The van der Waals surface area contributed by atoms with Crippen LogP contribution in [-0.4, -0.2) is 32.5 Å². The van der Waals surface area contributed by atoms with Crippen LogP contribution < -0.4 is 0 Å². The van der Waals surface area contributed by atoms with Crippen LogP contribution in [0.5, 0.6) is 0 Å². The molecule has 1 saturated heterocycles. The van der Waals surface area contributed by atoms with Gasteiger partial charge in [-0.05, 0) is 43.5 Å². The number of amides is 1. The lowest BCUT2D eigenvalue weighted by Crippen LogP contribution is -2.30. The maximum Gasteiger partial charge on any atom is 0.255 e. The highest BCUT2D eigenvalue weighted by molar-refractivity contribution is 6.31. The van der Waals surface area contributed by atoms with E-state index in [1.54, 1.807) is 18.3 Å². The Morgan fingerprint density at radius 3 is 3.08 bits per heavy atom. The number of nitriles is 1. The molecule has 0 bridgehead atoms. The molecule has 2 aromatic heterocycles. The Bertz CT molecular complexity index is 1050. The van der Waals surface area contributed by atoms with Gasteiger partial charge in [0.15, 0.2) is 5.65 Å². The summed E-state index contributed by atoms with van der Waals surface area (Å²) in [5.41, 5.74) is 3.40. The number of halogens is 1. The molecule has 0 radical (unpaired) electrons. The minimum Gasteiger partial charge on any atom is -0.332 e. The molecule has 1 aromatic carbocycles. The van der Waals surface area contributed by atoms with E-state index in [0.29, 0.717) is 28.3 Å². The van der Waals surface area contributed by atoms with Crippen LogP contribution in [0.4, 0.5) is 0 Å². The van der Waals surface area contributed by atoms with Crippen LogP contribution in [0.2, 0.25) is 5.02 Å². The Hall–Kier alpha value is -2.91. The van der Waals surface area contributed by atoms with Gasteiger partial charge in [-0.15, -0.1) is 0 Å². The van der Waals surface area contributed by atoms with Crippen molar-refractivity contribution in [2.45, 2.75) is 25.8 Å². The van der Waals surface area contributed by atoms with Crippen LogP contribution in [0, 0.1) is 18.3 Å². The molecule has 1 aliphatic rings. The van der Waals surface area contributed by atoms with E-state index in [4.69, 9.17) is 11.6 Å². The molecule has 1 unspecified atom stereocenters. The van der Waals surface area contributed by atoms with Crippen LogP contribution in [0.3, 0.4) is 0 Å². The van der Waals surface area contributed by atoms with Gasteiger partial charge in [-0.2, -0.15) is 10.4 Å². The number of nitrogens with zero attached hydrogens (tertiary/aromatic N) is 4. The van der Waals surface area contributed by atoms with E-state index in [2.05, 4.69) is 21.3 Å². The first kappa shape index (κ1) is 16.6. The fraction of sp³-hybridized carbons (Fsp3) is 0.263. The lowest BCUT2D eigenvalue weighted by Gasteiger charge is -2.25. The molecule has 0 saturated carbocycles. The van der Waals surface area contributed by atoms with Crippen molar-refractivity contribution in [3.05, 3.63) is 57.9 Å².